The summed E-state index contributed by atoms with van der Waals surface area (Å²) in [7, 11) is 0. The molecule has 0 spiro atoms. The molecule has 0 bridgehead atoms. The first kappa shape index (κ1) is 18.9. The lowest BCUT2D eigenvalue weighted by atomic mass is 10.0. The van der Waals surface area contributed by atoms with Gasteiger partial charge in [-0.2, -0.15) is 0 Å². The van der Waals surface area contributed by atoms with Crippen LogP contribution < -0.4 is 5.32 Å². The van der Waals surface area contributed by atoms with Crippen LogP contribution >= 0.6 is 12.4 Å². The summed E-state index contributed by atoms with van der Waals surface area (Å²) in [5.41, 5.74) is 4.68. The molecule has 2 heterocycles. The summed E-state index contributed by atoms with van der Waals surface area (Å²) < 4.78 is 0. The first-order valence-electron chi connectivity index (χ1n) is 9.30. The van der Waals surface area contributed by atoms with E-state index >= 15 is 0 Å². The van der Waals surface area contributed by atoms with Crippen molar-refractivity contribution in [2.24, 2.45) is 5.92 Å². The topological polar surface area (TPSA) is 45.2 Å². The van der Waals surface area contributed by atoms with Gasteiger partial charge in [-0.3, -0.25) is 9.78 Å². The second-order valence-electron chi connectivity index (χ2n) is 7.24. The maximum atomic E-state index is 13.2. The Balaban J connectivity index is 0.00000196. The molecule has 1 saturated heterocycles. The highest BCUT2D eigenvalue weighted by Gasteiger charge is 2.24. The van der Waals surface area contributed by atoms with Crippen LogP contribution in [0, 0.1) is 5.92 Å². The van der Waals surface area contributed by atoms with Gasteiger partial charge in [0.15, 0.2) is 0 Å². The maximum absolute atomic E-state index is 13.2. The highest BCUT2D eigenvalue weighted by Crippen LogP contribution is 2.24. The van der Waals surface area contributed by atoms with Crippen molar-refractivity contribution in [1.29, 1.82) is 0 Å². The third-order valence-corrected chi connectivity index (χ3v) is 5.37. The Morgan fingerprint density at radius 3 is 2.88 bits per heavy atom. The van der Waals surface area contributed by atoms with E-state index in [2.05, 4.69) is 22.4 Å². The van der Waals surface area contributed by atoms with E-state index in [0.717, 1.165) is 50.0 Å². The molecular formula is C21H26ClN3O. The van der Waals surface area contributed by atoms with E-state index in [0.29, 0.717) is 12.5 Å². The van der Waals surface area contributed by atoms with Gasteiger partial charge in [0, 0.05) is 31.0 Å². The summed E-state index contributed by atoms with van der Waals surface area (Å²) >= 11 is 0. The zero-order valence-corrected chi connectivity index (χ0v) is 15.8. The van der Waals surface area contributed by atoms with E-state index in [9.17, 15) is 4.79 Å². The van der Waals surface area contributed by atoms with Gasteiger partial charge >= 0.3 is 0 Å². The summed E-state index contributed by atoms with van der Waals surface area (Å²) in [4.78, 5) is 19.4. The van der Waals surface area contributed by atoms with Gasteiger partial charge in [-0.15, -0.1) is 12.4 Å². The lowest BCUT2D eigenvalue weighted by Crippen LogP contribution is -2.35. The van der Waals surface area contributed by atoms with Crippen LogP contribution in [0.3, 0.4) is 0 Å². The molecule has 26 heavy (non-hydrogen) atoms. The summed E-state index contributed by atoms with van der Waals surface area (Å²) in [5, 5.41) is 3.40. The van der Waals surface area contributed by atoms with Gasteiger partial charge in [-0.1, -0.05) is 12.1 Å². The number of aryl methyl sites for hydroxylation is 2. The molecule has 1 unspecified atom stereocenters. The Kier molecular flexibility index (Phi) is 6.28. The number of carbonyl (C=O) groups excluding carboxylic acids is 1. The van der Waals surface area contributed by atoms with E-state index in [4.69, 9.17) is 0 Å². The van der Waals surface area contributed by atoms with Crippen LogP contribution in [0.4, 0.5) is 0 Å². The summed E-state index contributed by atoms with van der Waals surface area (Å²) in [6.07, 6.45) is 8.23. The van der Waals surface area contributed by atoms with Crippen LogP contribution in [-0.4, -0.2) is 35.4 Å². The minimum Gasteiger partial charge on any atom is -0.334 e. The fourth-order valence-electron chi connectivity index (χ4n) is 4.00. The number of pyridine rings is 1. The molecule has 4 rings (SSSR count). The van der Waals surface area contributed by atoms with E-state index in [1.165, 1.54) is 17.5 Å². The fourth-order valence-corrected chi connectivity index (χ4v) is 4.00. The van der Waals surface area contributed by atoms with Gasteiger partial charge in [0.25, 0.3) is 5.91 Å². The maximum Gasteiger partial charge on any atom is 0.254 e. The second-order valence-corrected chi connectivity index (χ2v) is 7.24. The van der Waals surface area contributed by atoms with Gasteiger partial charge in [-0.05, 0) is 79.6 Å². The zero-order chi connectivity index (χ0) is 17.1. The van der Waals surface area contributed by atoms with Gasteiger partial charge < -0.3 is 10.2 Å². The SMILES string of the molecule is Cl.O=C(c1ccc2c(c1)CCC2)N(Cc1cccnc1)CC1CCNC1. The molecule has 1 aliphatic heterocycles. The van der Waals surface area contributed by atoms with E-state index in [1.54, 1.807) is 6.20 Å². The van der Waals surface area contributed by atoms with Crippen LogP contribution in [0.5, 0.6) is 0 Å². The van der Waals surface area contributed by atoms with E-state index in [-0.39, 0.29) is 18.3 Å². The number of halogens is 1. The lowest BCUT2D eigenvalue weighted by Gasteiger charge is -2.26. The monoisotopic (exact) mass is 371 g/mol. The van der Waals surface area contributed by atoms with E-state index in [1.807, 2.05) is 29.3 Å². The number of nitrogens with one attached hydrogen (secondary N) is 1. The zero-order valence-electron chi connectivity index (χ0n) is 15.0. The number of hydrogen-bond acceptors (Lipinski definition) is 3. The van der Waals surface area contributed by atoms with Crippen molar-refractivity contribution >= 4 is 18.3 Å². The fraction of sp³-hybridized carbons (Fsp3) is 0.429. The molecule has 4 nitrogen and oxygen atoms in total. The molecule has 1 aromatic heterocycles. The molecule has 138 valence electrons. The van der Waals surface area contributed by atoms with Gasteiger partial charge in [0.1, 0.15) is 0 Å². The molecule has 1 fully saturated rings. The standard InChI is InChI=1S/C21H25N3O.ClH/c25-21(20-7-6-18-4-1-5-19(18)11-20)24(15-17-8-10-23-13-17)14-16-3-2-9-22-12-16;/h2-3,6-7,9,11-12,17,23H,1,4-5,8,10,13-15H2;1H. The Labute approximate surface area is 161 Å². The minimum absolute atomic E-state index is 0. The van der Waals surface area contributed by atoms with Crippen LogP contribution in [-0.2, 0) is 19.4 Å². The Bertz CT molecular complexity index is 744. The number of carbonyl (C=O) groups is 1. The van der Waals surface area contributed by atoms with Crippen LogP contribution in [0.2, 0.25) is 0 Å². The third kappa shape index (κ3) is 4.25. The van der Waals surface area contributed by atoms with Crippen molar-refractivity contribution in [2.75, 3.05) is 19.6 Å². The largest absolute Gasteiger partial charge is 0.334 e. The summed E-state index contributed by atoms with van der Waals surface area (Å²) in [6.45, 7) is 3.48. The van der Waals surface area contributed by atoms with Gasteiger partial charge in [0.2, 0.25) is 0 Å². The average Bonchev–Trinajstić information content (AvgIpc) is 3.32. The van der Waals surface area contributed by atoms with Crippen LogP contribution in [0.25, 0.3) is 0 Å². The highest BCUT2D eigenvalue weighted by molar-refractivity contribution is 5.94. The predicted molar refractivity (Wildman–Crippen MR) is 106 cm³/mol. The summed E-state index contributed by atoms with van der Waals surface area (Å²) in [5.74, 6) is 0.681. The molecular weight excluding hydrogens is 346 g/mol. The average molecular weight is 372 g/mol. The third-order valence-electron chi connectivity index (χ3n) is 5.37. The first-order valence-corrected chi connectivity index (χ1v) is 9.30. The van der Waals surface area contributed by atoms with Crippen molar-refractivity contribution in [3.8, 4) is 0 Å². The van der Waals surface area contributed by atoms with Crippen LogP contribution in [0.1, 0.15) is 39.9 Å². The number of nitrogens with zero attached hydrogens (tertiary/aromatic N) is 2. The predicted octanol–water partition coefficient (Wildman–Crippen LogP) is 3.24. The molecule has 0 radical (unpaired) electrons. The summed E-state index contributed by atoms with van der Waals surface area (Å²) in [6, 6.07) is 10.3. The number of aromatic nitrogens is 1. The lowest BCUT2D eigenvalue weighted by molar-refractivity contribution is 0.0718. The number of benzene rings is 1. The second kappa shape index (κ2) is 8.65. The molecule has 1 aromatic carbocycles. The van der Waals surface area contributed by atoms with Gasteiger partial charge in [-0.25, -0.2) is 0 Å². The number of amides is 1. The van der Waals surface area contributed by atoms with Crippen molar-refractivity contribution < 1.29 is 4.79 Å². The minimum atomic E-state index is 0. The van der Waals surface area contributed by atoms with Crippen molar-refractivity contribution in [3.05, 3.63) is 65.0 Å². The Hall–Kier alpha value is -1.91. The normalized spacial score (nSPS) is 18.2. The number of fused-ring (bicyclic) bond motifs is 1. The van der Waals surface area contributed by atoms with Crippen molar-refractivity contribution in [1.82, 2.24) is 15.2 Å². The van der Waals surface area contributed by atoms with Gasteiger partial charge in [0.05, 0.1) is 0 Å². The van der Waals surface area contributed by atoms with E-state index < -0.39 is 0 Å². The Morgan fingerprint density at radius 2 is 2.12 bits per heavy atom. The number of hydrogen-bond donors (Lipinski definition) is 1. The highest BCUT2D eigenvalue weighted by atomic mass is 35.5. The molecule has 1 amide bonds. The smallest absolute Gasteiger partial charge is 0.254 e. The first-order chi connectivity index (χ1) is 12.3. The van der Waals surface area contributed by atoms with Crippen molar-refractivity contribution in [2.45, 2.75) is 32.2 Å². The molecule has 1 atom stereocenters. The Morgan fingerprint density at radius 1 is 1.23 bits per heavy atom. The molecule has 1 aliphatic carbocycles. The number of rotatable bonds is 5. The van der Waals surface area contributed by atoms with Crippen LogP contribution in [0.15, 0.2) is 42.7 Å². The van der Waals surface area contributed by atoms with Crippen molar-refractivity contribution in [3.63, 3.8) is 0 Å². The molecule has 2 aliphatic rings. The molecule has 1 N–H and O–H groups in total. The quantitative estimate of drug-likeness (QED) is 0.877. The molecule has 5 heteroatoms. The molecule has 0 saturated carbocycles. The molecule has 2 aromatic rings.